The minimum Gasteiger partial charge on any atom is -0.342 e. The van der Waals surface area contributed by atoms with Gasteiger partial charge in [0.15, 0.2) is 0 Å². The van der Waals surface area contributed by atoms with Crippen molar-refractivity contribution in [2.75, 3.05) is 39.3 Å². The molecule has 1 aromatic heterocycles. The molecule has 0 saturated carbocycles. The molecule has 0 aliphatic carbocycles. The maximum absolute atomic E-state index is 12.8. The number of thiazole rings is 1. The molecule has 27 heavy (non-hydrogen) atoms. The predicted octanol–water partition coefficient (Wildman–Crippen LogP) is 3.00. The minimum atomic E-state index is 0.248. The van der Waals surface area contributed by atoms with Crippen molar-refractivity contribution >= 4 is 17.2 Å². The van der Waals surface area contributed by atoms with Crippen LogP contribution in [-0.2, 0) is 17.8 Å². The highest BCUT2D eigenvalue weighted by atomic mass is 32.1. The van der Waals surface area contributed by atoms with E-state index in [1.807, 2.05) is 0 Å². The largest absolute Gasteiger partial charge is 0.342 e. The molecule has 0 radical (unpaired) electrons. The molecule has 0 unspecified atom stereocenters. The van der Waals surface area contributed by atoms with Gasteiger partial charge in [-0.3, -0.25) is 14.6 Å². The monoisotopic (exact) mass is 390 g/mol. The molecule has 0 N–H and O–H groups in total. The lowest BCUT2D eigenvalue weighted by Gasteiger charge is -2.42. The zero-order valence-electron chi connectivity index (χ0n) is 16.7. The smallest absolute Gasteiger partial charge is 0.226 e. The summed E-state index contributed by atoms with van der Waals surface area (Å²) >= 11 is 1.79. The van der Waals surface area contributed by atoms with Gasteiger partial charge in [-0.15, -0.1) is 11.3 Å². The number of rotatable bonds is 5. The number of hydrogen-bond donors (Lipinski definition) is 0. The third-order valence-electron chi connectivity index (χ3n) is 6.58. The van der Waals surface area contributed by atoms with Crippen LogP contribution in [0.4, 0.5) is 0 Å². The van der Waals surface area contributed by atoms with Crippen molar-refractivity contribution in [1.29, 1.82) is 0 Å². The van der Waals surface area contributed by atoms with Gasteiger partial charge >= 0.3 is 0 Å². The number of aromatic nitrogens is 1. The van der Waals surface area contributed by atoms with E-state index in [9.17, 15) is 4.79 Å². The molecule has 3 saturated heterocycles. The van der Waals surface area contributed by atoms with Gasteiger partial charge in [0.2, 0.25) is 5.91 Å². The summed E-state index contributed by atoms with van der Waals surface area (Å²) in [5, 5.41) is 3.48. The van der Waals surface area contributed by atoms with Gasteiger partial charge in [0.1, 0.15) is 0 Å². The van der Waals surface area contributed by atoms with Crippen LogP contribution in [0.2, 0.25) is 0 Å². The fourth-order valence-corrected chi connectivity index (χ4v) is 5.73. The summed E-state index contributed by atoms with van der Waals surface area (Å²) < 4.78 is 0. The molecule has 1 aromatic rings. The van der Waals surface area contributed by atoms with E-state index >= 15 is 0 Å². The van der Waals surface area contributed by atoms with Gasteiger partial charge < -0.3 is 4.90 Å². The SMILES string of the molecule is CCc1nc(CN2CCC(N3CCC[C@@H](C(=O)N4CCCC4)C3)CC2)cs1. The molecule has 1 amide bonds. The Morgan fingerprint density at radius 1 is 1.11 bits per heavy atom. The molecule has 1 atom stereocenters. The normalized spacial score (nSPS) is 26.0. The standard InChI is InChI=1S/C21H34N4OS/c1-2-20-22-18(16-27-20)15-23-12-7-19(8-13-23)25-11-5-6-17(14-25)21(26)24-9-3-4-10-24/h16-17,19H,2-15H2,1H3/t17-/m1/s1. The number of piperidine rings is 2. The van der Waals surface area contributed by atoms with Crippen molar-refractivity contribution in [1.82, 2.24) is 19.7 Å². The first-order valence-corrected chi connectivity index (χ1v) is 11.8. The van der Waals surface area contributed by atoms with Gasteiger partial charge in [-0.1, -0.05) is 6.92 Å². The third-order valence-corrected chi connectivity index (χ3v) is 7.62. The van der Waals surface area contributed by atoms with Crippen molar-refractivity contribution in [3.8, 4) is 0 Å². The highest BCUT2D eigenvalue weighted by Gasteiger charge is 2.34. The number of amides is 1. The average molecular weight is 391 g/mol. The Morgan fingerprint density at radius 3 is 2.59 bits per heavy atom. The number of nitrogens with zero attached hydrogens (tertiary/aromatic N) is 4. The highest BCUT2D eigenvalue weighted by molar-refractivity contribution is 7.09. The van der Waals surface area contributed by atoms with Crippen molar-refractivity contribution in [3.05, 3.63) is 16.1 Å². The fourth-order valence-electron chi connectivity index (χ4n) is 4.99. The molecule has 3 aliphatic heterocycles. The second kappa shape index (κ2) is 9.01. The molecule has 4 heterocycles. The number of carbonyl (C=O) groups excluding carboxylic acids is 1. The number of likely N-dealkylation sites (tertiary alicyclic amines) is 3. The molecule has 0 aromatic carbocycles. The van der Waals surface area contributed by atoms with Gasteiger partial charge in [-0.05, 0) is 51.5 Å². The lowest BCUT2D eigenvalue weighted by atomic mass is 9.93. The van der Waals surface area contributed by atoms with Crippen LogP contribution >= 0.6 is 11.3 Å². The second-order valence-electron chi connectivity index (χ2n) is 8.46. The zero-order chi connectivity index (χ0) is 18.6. The van der Waals surface area contributed by atoms with Crippen molar-refractivity contribution in [2.45, 2.75) is 64.5 Å². The van der Waals surface area contributed by atoms with Gasteiger partial charge in [0.25, 0.3) is 0 Å². The van der Waals surface area contributed by atoms with E-state index in [1.54, 1.807) is 11.3 Å². The summed E-state index contributed by atoms with van der Waals surface area (Å²) in [6.45, 7) is 9.64. The first kappa shape index (κ1) is 19.3. The van der Waals surface area contributed by atoms with Crippen LogP contribution in [0.25, 0.3) is 0 Å². The van der Waals surface area contributed by atoms with Gasteiger partial charge in [0, 0.05) is 50.7 Å². The predicted molar refractivity (Wildman–Crippen MR) is 110 cm³/mol. The third kappa shape index (κ3) is 4.72. The Kier molecular flexibility index (Phi) is 6.46. The first-order chi connectivity index (χ1) is 13.2. The molecule has 3 fully saturated rings. The molecule has 150 valence electrons. The van der Waals surface area contributed by atoms with Gasteiger partial charge in [0.05, 0.1) is 16.6 Å². The van der Waals surface area contributed by atoms with Crippen LogP contribution < -0.4 is 0 Å². The minimum absolute atomic E-state index is 0.248. The lowest BCUT2D eigenvalue weighted by molar-refractivity contribution is -0.136. The average Bonchev–Trinajstić information content (AvgIpc) is 3.40. The summed E-state index contributed by atoms with van der Waals surface area (Å²) in [5.74, 6) is 0.683. The molecule has 6 heteroatoms. The number of aryl methyl sites for hydroxylation is 1. The maximum Gasteiger partial charge on any atom is 0.226 e. The lowest BCUT2D eigenvalue weighted by Crippen LogP contribution is -2.51. The van der Waals surface area contributed by atoms with Crippen molar-refractivity contribution < 1.29 is 4.79 Å². The van der Waals surface area contributed by atoms with E-state index in [-0.39, 0.29) is 5.92 Å². The summed E-state index contributed by atoms with van der Waals surface area (Å²) in [5.41, 5.74) is 1.24. The summed E-state index contributed by atoms with van der Waals surface area (Å²) in [4.78, 5) is 24.8. The van der Waals surface area contributed by atoms with Gasteiger partial charge in [-0.2, -0.15) is 0 Å². The molecule has 0 bridgehead atoms. The Morgan fingerprint density at radius 2 is 1.89 bits per heavy atom. The van der Waals surface area contributed by atoms with Crippen LogP contribution in [0.1, 0.15) is 56.2 Å². The van der Waals surface area contributed by atoms with E-state index < -0.39 is 0 Å². The highest BCUT2D eigenvalue weighted by Crippen LogP contribution is 2.26. The van der Waals surface area contributed by atoms with E-state index in [0.29, 0.717) is 11.9 Å². The van der Waals surface area contributed by atoms with Crippen molar-refractivity contribution in [3.63, 3.8) is 0 Å². The van der Waals surface area contributed by atoms with Crippen LogP contribution in [0.15, 0.2) is 5.38 Å². The second-order valence-corrected chi connectivity index (χ2v) is 9.40. The Balaban J connectivity index is 1.25. The van der Waals surface area contributed by atoms with E-state index in [2.05, 4.69) is 27.0 Å². The molecular weight excluding hydrogens is 356 g/mol. The topological polar surface area (TPSA) is 39.7 Å². The summed E-state index contributed by atoms with van der Waals surface area (Å²) in [7, 11) is 0. The Labute approximate surface area is 167 Å². The zero-order valence-corrected chi connectivity index (χ0v) is 17.6. The van der Waals surface area contributed by atoms with Crippen LogP contribution in [0.3, 0.4) is 0 Å². The fraction of sp³-hybridized carbons (Fsp3) is 0.810. The first-order valence-electron chi connectivity index (χ1n) is 10.9. The van der Waals surface area contributed by atoms with E-state index in [1.165, 1.54) is 49.4 Å². The quantitative estimate of drug-likeness (QED) is 0.775. The van der Waals surface area contributed by atoms with Crippen LogP contribution in [0.5, 0.6) is 0 Å². The number of carbonyl (C=O) groups is 1. The molecule has 0 spiro atoms. The molecular formula is C21H34N4OS. The molecule has 3 aliphatic rings. The Bertz CT molecular complexity index is 619. The Hall–Kier alpha value is -0.980. The van der Waals surface area contributed by atoms with E-state index in [4.69, 9.17) is 4.98 Å². The molecule has 4 rings (SSSR count). The summed E-state index contributed by atoms with van der Waals surface area (Å²) in [6.07, 6.45) is 8.17. The summed E-state index contributed by atoms with van der Waals surface area (Å²) in [6, 6.07) is 0.664. The van der Waals surface area contributed by atoms with Gasteiger partial charge in [-0.25, -0.2) is 4.98 Å². The van der Waals surface area contributed by atoms with E-state index in [0.717, 1.165) is 52.1 Å². The number of hydrogen-bond acceptors (Lipinski definition) is 5. The van der Waals surface area contributed by atoms with Crippen LogP contribution in [-0.4, -0.2) is 70.9 Å². The maximum atomic E-state index is 12.8. The molecule has 5 nitrogen and oxygen atoms in total. The van der Waals surface area contributed by atoms with Crippen molar-refractivity contribution in [2.24, 2.45) is 5.92 Å². The van der Waals surface area contributed by atoms with Crippen LogP contribution in [0, 0.1) is 5.92 Å².